The van der Waals surface area contributed by atoms with Crippen LogP contribution in [-0.4, -0.2) is 17.6 Å². The zero-order chi connectivity index (χ0) is 19.1. The Hall–Kier alpha value is -1.53. The van der Waals surface area contributed by atoms with Crippen LogP contribution < -0.4 is 0 Å². The van der Waals surface area contributed by atoms with E-state index in [1.54, 1.807) is 32.0 Å². The van der Waals surface area contributed by atoms with Gasteiger partial charge in [-0.3, -0.25) is 0 Å². The normalized spacial score (nSPS) is 11.7. The van der Waals surface area contributed by atoms with E-state index >= 15 is 0 Å². The van der Waals surface area contributed by atoms with Crippen molar-refractivity contribution >= 4 is 44.8 Å². The summed E-state index contributed by atoms with van der Waals surface area (Å²) in [7, 11) is -3.82. The molecule has 0 bridgehead atoms. The van der Waals surface area contributed by atoms with Crippen LogP contribution in [0, 0.1) is 13.8 Å². The molecular formula is C18H15Cl3N2O2S. The fourth-order valence-electron chi connectivity index (χ4n) is 2.72. The average Bonchev–Trinajstić information content (AvgIpc) is 2.87. The average molecular weight is 430 g/mol. The largest absolute Gasteiger partial charge is 0.283 e. The minimum absolute atomic E-state index is 0.120. The molecule has 0 unspecified atom stereocenters. The summed E-state index contributed by atoms with van der Waals surface area (Å²) in [5.41, 5.74) is 2.65. The van der Waals surface area contributed by atoms with Crippen molar-refractivity contribution < 1.29 is 8.42 Å². The van der Waals surface area contributed by atoms with Gasteiger partial charge in [0, 0.05) is 27.1 Å². The quantitative estimate of drug-likeness (QED) is 0.566. The molecular weight excluding hydrogens is 415 g/mol. The summed E-state index contributed by atoms with van der Waals surface area (Å²) in [6.45, 7) is 3.48. The van der Waals surface area contributed by atoms with Crippen molar-refractivity contribution in [1.82, 2.24) is 9.19 Å². The molecule has 8 heteroatoms. The highest BCUT2D eigenvalue weighted by Gasteiger charge is 2.24. The predicted octanol–water partition coefficient (Wildman–Crippen LogP) is 5.29. The Morgan fingerprint density at radius 2 is 1.50 bits per heavy atom. The van der Waals surface area contributed by atoms with Crippen LogP contribution in [0.4, 0.5) is 0 Å². The van der Waals surface area contributed by atoms with Crippen molar-refractivity contribution in [3.8, 4) is 0 Å². The number of rotatable bonds is 4. The third kappa shape index (κ3) is 3.49. The number of hydrogen-bond donors (Lipinski definition) is 0. The van der Waals surface area contributed by atoms with Gasteiger partial charge in [-0.15, -0.1) is 0 Å². The summed E-state index contributed by atoms with van der Waals surface area (Å²) in [6.07, 6.45) is 0.395. The molecule has 1 aromatic heterocycles. The molecule has 0 saturated heterocycles. The van der Waals surface area contributed by atoms with Gasteiger partial charge in [-0.2, -0.15) is 17.6 Å². The highest BCUT2D eigenvalue weighted by molar-refractivity contribution is 7.89. The first-order valence-electron chi connectivity index (χ1n) is 7.71. The lowest BCUT2D eigenvalue weighted by atomic mass is 10.0. The Balaban J connectivity index is 2.07. The Kier molecular flexibility index (Phi) is 5.35. The molecule has 0 N–H and O–H groups in total. The molecule has 0 aliphatic rings. The predicted molar refractivity (Wildman–Crippen MR) is 105 cm³/mol. The lowest BCUT2D eigenvalue weighted by Crippen LogP contribution is -2.16. The van der Waals surface area contributed by atoms with Crippen LogP contribution in [0.25, 0.3) is 0 Å². The molecule has 0 atom stereocenters. The summed E-state index contributed by atoms with van der Waals surface area (Å²) in [5.74, 6) is 0. The lowest BCUT2D eigenvalue weighted by molar-refractivity contribution is 0.577. The van der Waals surface area contributed by atoms with Crippen LogP contribution in [-0.2, 0) is 16.4 Å². The highest BCUT2D eigenvalue weighted by atomic mass is 35.5. The second-order valence-electron chi connectivity index (χ2n) is 5.83. The van der Waals surface area contributed by atoms with Crippen molar-refractivity contribution in [2.24, 2.45) is 0 Å². The van der Waals surface area contributed by atoms with E-state index in [2.05, 4.69) is 5.10 Å². The van der Waals surface area contributed by atoms with Crippen molar-refractivity contribution in [2.45, 2.75) is 25.2 Å². The molecule has 0 radical (unpaired) electrons. The van der Waals surface area contributed by atoms with E-state index in [0.29, 0.717) is 32.9 Å². The zero-order valence-corrected chi connectivity index (χ0v) is 17.1. The van der Waals surface area contributed by atoms with Crippen molar-refractivity contribution in [2.75, 3.05) is 0 Å². The van der Waals surface area contributed by atoms with Crippen molar-refractivity contribution in [3.05, 3.63) is 80.0 Å². The number of aryl methyl sites for hydroxylation is 1. The molecule has 0 spiro atoms. The molecule has 4 nitrogen and oxygen atoms in total. The van der Waals surface area contributed by atoms with Gasteiger partial charge in [-0.1, -0.05) is 40.9 Å². The zero-order valence-electron chi connectivity index (χ0n) is 14.0. The summed E-state index contributed by atoms with van der Waals surface area (Å²) < 4.78 is 26.9. The first-order chi connectivity index (χ1) is 12.2. The van der Waals surface area contributed by atoms with Gasteiger partial charge in [0.15, 0.2) is 0 Å². The minimum Gasteiger partial charge on any atom is -0.199 e. The van der Waals surface area contributed by atoms with Gasteiger partial charge in [0.1, 0.15) is 0 Å². The fraction of sp³-hybridized carbons (Fsp3) is 0.167. The van der Waals surface area contributed by atoms with E-state index < -0.39 is 10.0 Å². The summed E-state index contributed by atoms with van der Waals surface area (Å²) >= 11 is 18.3. The fourth-order valence-corrected chi connectivity index (χ4v) is 4.76. The summed E-state index contributed by atoms with van der Waals surface area (Å²) in [4.78, 5) is 0.120. The number of halogens is 3. The molecule has 0 aliphatic carbocycles. The SMILES string of the molecule is Cc1nn(S(=O)(=O)c2ccc(Cl)cc2)c(C)c1Cc1c(Cl)cccc1Cl. The van der Waals surface area contributed by atoms with Crippen LogP contribution in [0.3, 0.4) is 0 Å². The van der Waals surface area contributed by atoms with E-state index in [1.807, 2.05) is 0 Å². The molecule has 0 amide bonds. The maximum absolute atomic E-state index is 12.9. The number of nitrogens with zero attached hydrogens (tertiary/aromatic N) is 2. The van der Waals surface area contributed by atoms with Gasteiger partial charge in [0.25, 0.3) is 10.0 Å². The van der Waals surface area contributed by atoms with Crippen LogP contribution in [0.1, 0.15) is 22.5 Å². The summed E-state index contributed by atoms with van der Waals surface area (Å²) in [6, 6.07) is 11.2. The number of aromatic nitrogens is 2. The lowest BCUT2D eigenvalue weighted by Gasteiger charge is -2.09. The Bertz CT molecular complexity index is 1050. The molecule has 136 valence electrons. The minimum atomic E-state index is -3.82. The van der Waals surface area contributed by atoms with Crippen molar-refractivity contribution in [3.63, 3.8) is 0 Å². The van der Waals surface area contributed by atoms with Gasteiger partial charge in [-0.05, 0) is 55.8 Å². The monoisotopic (exact) mass is 428 g/mol. The highest BCUT2D eigenvalue weighted by Crippen LogP contribution is 2.30. The molecule has 0 saturated carbocycles. The second kappa shape index (κ2) is 7.24. The van der Waals surface area contributed by atoms with Gasteiger partial charge in [0.05, 0.1) is 16.3 Å². The van der Waals surface area contributed by atoms with E-state index in [-0.39, 0.29) is 4.90 Å². The maximum atomic E-state index is 12.9. The number of benzene rings is 2. The van der Waals surface area contributed by atoms with Crippen LogP contribution >= 0.6 is 34.8 Å². The third-order valence-corrected chi connectivity index (χ3v) is 6.79. The van der Waals surface area contributed by atoms with Crippen LogP contribution in [0.15, 0.2) is 47.4 Å². The van der Waals surface area contributed by atoms with Crippen LogP contribution in [0.2, 0.25) is 15.1 Å². The van der Waals surface area contributed by atoms with E-state index in [4.69, 9.17) is 34.8 Å². The first kappa shape index (κ1) is 19.2. The molecule has 3 aromatic rings. The van der Waals surface area contributed by atoms with E-state index in [9.17, 15) is 8.42 Å². The van der Waals surface area contributed by atoms with Gasteiger partial charge in [-0.25, -0.2) is 0 Å². The summed E-state index contributed by atoms with van der Waals surface area (Å²) in [5, 5.41) is 5.77. The van der Waals surface area contributed by atoms with E-state index in [1.165, 1.54) is 24.3 Å². The van der Waals surface area contributed by atoms with Crippen molar-refractivity contribution in [1.29, 1.82) is 0 Å². The van der Waals surface area contributed by atoms with Gasteiger partial charge < -0.3 is 0 Å². The molecule has 3 rings (SSSR count). The van der Waals surface area contributed by atoms with E-state index in [0.717, 1.165) is 15.2 Å². The Labute approximate surface area is 167 Å². The first-order valence-corrected chi connectivity index (χ1v) is 10.3. The second-order valence-corrected chi connectivity index (χ2v) is 8.85. The number of hydrogen-bond acceptors (Lipinski definition) is 3. The third-order valence-electron chi connectivity index (χ3n) is 4.16. The van der Waals surface area contributed by atoms with Gasteiger partial charge >= 0.3 is 0 Å². The molecule has 0 aliphatic heterocycles. The Morgan fingerprint density at radius 3 is 2.08 bits per heavy atom. The maximum Gasteiger partial charge on any atom is 0.283 e. The smallest absolute Gasteiger partial charge is 0.199 e. The molecule has 1 heterocycles. The van der Waals surface area contributed by atoms with Gasteiger partial charge in [0.2, 0.25) is 0 Å². The molecule has 2 aromatic carbocycles. The Morgan fingerprint density at radius 1 is 0.923 bits per heavy atom. The standard InChI is InChI=1S/C18H15Cl3N2O2S/c1-11-15(10-16-17(20)4-3-5-18(16)21)12(2)23(22-11)26(24,25)14-8-6-13(19)7-9-14/h3-9H,10H2,1-2H3. The topological polar surface area (TPSA) is 52.0 Å². The molecule has 26 heavy (non-hydrogen) atoms. The molecule has 0 fully saturated rings. The van der Waals surface area contributed by atoms with Crippen LogP contribution in [0.5, 0.6) is 0 Å².